The molecule has 6 nitrogen and oxygen atoms in total. The molecule has 7 heteroatoms. The maximum absolute atomic E-state index is 12.1. The first-order valence-electron chi connectivity index (χ1n) is 8.13. The zero-order chi connectivity index (χ0) is 16.2. The van der Waals surface area contributed by atoms with Crippen molar-refractivity contribution < 1.29 is 4.79 Å². The van der Waals surface area contributed by atoms with E-state index in [1.807, 2.05) is 17.0 Å². The van der Waals surface area contributed by atoms with Crippen LogP contribution in [0, 0.1) is 5.92 Å². The molecular formula is C16H23N5OS. The standard InChI is InChI=1S/C16H23N5OS/c1-12(2)5-7-18-15(22)20-8-10-21(11-9-20)16-19-13-4-3-6-17-14(13)23-16/h3-4,6,12H,5,7-11H2,1-2H3,(H,18,22). The van der Waals surface area contributed by atoms with Crippen LogP contribution in [0.1, 0.15) is 20.3 Å². The molecular weight excluding hydrogens is 310 g/mol. The van der Waals surface area contributed by atoms with Gasteiger partial charge in [-0.05, 0) is 24.5 Å². The van der Waals surface area contributed by atoms with Gasteiger partial charge in [0.1, 0.15) is 10.3 Å². The Hall–Kier alpha value is -1.89. The van der Waals surface area contributed by atoms with Gasteiger partial charge in [0.25, 0.3) is 0 Å². The van der Waals surface area contributed by atoms with E-state index >= 15 is 0 Å². The van der Waals surface area contributed by atoms with Crippen molar-refractivity contribution in [3.8, 4) is 0 Å². The summed E-state index contributed by atoms with van der Waals surface area (Å²) in [6.07, 6.45) is 2.81. The lowest BCUT2D eigenvalue weighted by Gasteiger charge is -2.34. The molecule has 1 aliphatic rings. The maximum atomic E-state index is 12.1. The lowest BCUT2D eigenvalue weighted by molar-refractivity contribution is 0.194. The van der Waals surface area contributed by atoms with Gasteiger partial charge in [-0.2, -0.15) is 0 Å². The number of fused-ring (bicyclic) bond motifs is 1. The van der Waals surface area contributed by atoms with Crippen LogP contribution in [-0.4, -0.2) is 53.6 Å². The largest absolute Gasteiger partial charge is 0.344 e. The van der Waals surface area contributed by atoms with Crippen LogP contribution in [0.3, 0.4) is 0 Å². The summed E-state index contributed by atoms with van der Waals surface area (Å²) in [5, 5.41) is 4.00. The quantitative estimate of drug-likeness (QED) is 0.934. The number of pyridine rings is 1. The fourth-order valence-electron chi connectivity index (χ4n) is 2.57. The van der Waals surface area contributed by atoms with Gasteiger partial charge >= 0.3 is 6.03 Å². The fraction of sp³-hybridized carbons (Fsp3) is 0.562. The summed E-state index contributed by atoms with van der Waals surface area (Å²) in [5.41, 5.74) is 0.946. The second kappa shape index (κ2) is 7.12. The zero-order valence-electron chi connectivity index (χ0n) is 13.7. The molecule has 0 atom stereocenters. The number of piperazine rings is 1. The van der Waals surface area contributed by atoms with Crippen LogP contribution in [0.5, 0.6) is 0 Å². The topological polar surface area (TPSA) is 61.4 Å². The lowest BCUT2D eigenvalue weighted by atomic mass is 10.1. The highest BCUT2D eigenvalue weighted by atomic mass is 32.1. The highest BCUT2D eigenvalue weighted by Gasteiger charge is 2.23. The summed E-state index contributed by atoms with van der Waals surface area (Å²) in [4.78, 5) is 26.2. The molecule has 0 aromatic carbocycles. The number of hydrogen-bond donors (Lipinski definition) is 1. The average molecular weight is 333 g/mol. The maximum Gasteiger partial charge on any atom is 0.317 e. The predicted molar refractivity (Wildman–Crippen MR) is 94.1 cm³/mol. The normalized spacial score (nSPS) is 15.4. The SMILES string of the molecule is CC(C)CCNC(=O)N1CCN(c2nc3cccnc3s2)CC1. The zero-order valence-corrected chi connectivity index (χ0v) is 14.5. The third-order valence-electron chi connectivity index (χ3n) is 3.99. The molecule has 0 saturated carbocycles. The third-order valence-corrected chi connectivity index (χ3v) is 5.03. The molecule has 3 heterocycles. The van der Waals surface area contributed by atoms with Gasteiger partial charge in [-0.3, -0.25) is 0 Å². The molecule has 23 heavy (non-hydrogen) atoms. The summed E-state index contributed by atoms with van der Waals surface area (Å²) < 4.78 is 0. The molecule has 0 aliphatic carbocycles. The molecule has 124 valence electrons. The summed E-state index contributed by atoms with van der Waals surface area (Å²) >= 11 is 1.62. The van der Waals surface area contributed by atoms with Crippen molar-refractivity contribution in [2.75, 3.05) is 37.6 Å². The number of nitrogens with zero attached hydrogens (tertiary/aromatic N) is 4. The molecule has 0 unspecified atom stereocenters. The molecule has 0 radical (unpaired) electrons. The van der Waals surface area contributed by atoms with E-state index in [0.717, 1.165) is 54.6 Å². The molecule has 0 bridgehead atoms. The van der Waals surface area contributed by atoms with Crippen molar-refractivity contribution in [2.45, 2.75) is 20.3 Å². The first-order chi connectivity index (χ1) is 11.1. The first kappa shape index (κ1) is 16.0. The monoisotopic (exact) mass is 333 g/mol. The molecule has 1 fully saturated rings. The minimum absolute atomic E-state index is 0.0521. The first-order valence-corrected chi connectivity index (χ1v) is 8.94. The van der Waals surface area contributed by atoms with Gasteiger partial charge in [0.05, 0.1) is 0 Å². The van der Waals surface area contributed by atoms with E-state index in [0.29, 0.717) is 5.92 Å². The van der Waals surface area contributed by atoms with Crippen molar-refractivity contribution in [1.29, 1.82) is 0 Å². The van der Waals surface area contributed by atoms with Crippen molar-refractivity contribution in [2.24, 2.45) is 5.92 Å². The fourth-order valence-corrected chi connectivity index (χ4v) is 3.53. The smallest absolute Gasteiger partial charge is 0.317 e. The van der Waals surface area contributed by atoms with Crippen molar-refractivity contribution in [1.82, 2.24) is 20.2 Å². The van der Waals surface area contributed by atoms with Crippen molar-refractivity contribution in [3.05, 3.63) is 18.3 Å². The summed E-state index contributed by atoms with van der Waals surface area (Å²) in [6.45, 7) is 8.18. The number of hydrogen-bond acceptors (Lipinski definition) is 5. The van der Waals surface area contributed by atoms with Crippen LogP contribution in [0.4, 0.5) is 9.93 Å². The number of carbonyl (C=O) groups is 1. The van der Waals surface area contributed by atoms with Gasteiger partial charge in [0.15, 0.2) is 5.13 Å². The van der Waals surface area contributed by atoms with Gasteiger partial charge in [-0.25, -0.2) is 14.8 Å². The highest BCUT2D eigenvalue weighted by molar-refractivity contribution is 7.21. The Morgan fingerprint density at radius 1 is 1.35 bits per heavy atom. The number of aromatic nitrogens is 2. The van der Waals surface area contributed by atoms with Crippen LogP contribution in [0.25, 0.3) is 10.3 Å². The third kappa shape index (κ3) is 3.90. The summed E-state index contributed by atoms with van der Waals surface area (Å²) in [6, 6.07) is 3.95. The minimum Gasteiger partial charge on any atom is -0.344 e. The number of urea groups is 1. The molecule has 2 aromatic rings. The molecule has 2 amide bonds. The Balaban J connectivity index is 1.52. The Labute approximate surface area is 140 Å². The Kier molecular flexibility index (Phi) is 4.95. The Bertz CT molecular complexity index is 630. The van der Waals surface area contributed by atoms with Gasteiger partial charge in [-0.1, -0.05) is 25.2 Å². The van der Waals surface area contributed by atoms with E-state index in [4.69, 9.17) is 0 Å². The van der Waals surface area contributed by atoms with E-state index < -0.39 is 0 Å². The van der Waals surface area contributed by atoms with E-state index in [2.05, 4.69) is 34.0 Å². The molecule has 0 spiro atoms. The molecule has 3 rings (SSSR count). The van der Waals surface area contributed by atoms with E-state index in [1.165, 1.54) is 0 Å². The molecule has 1 N–H and O–H groups in total. The summed E-state index contributed by atoms with van der Waals surface area (Å²) in [5.74, 6) is 0.611. The summed E-state index contributed by atoms with van der Waals surface area (Å²) in [7, 11) is 0. The van der Waals surface area contributed by atoms with Crippen molar-refractivity contribution >= 4 is 32.8 Å². The lowest BCUT2D eigenvalue weighted by Crippen LogP contribution is -2.52. The Morgan fingerprint density at radius 2 is 2.13 bits per heavy atom. The average Bonchev–Trinajstić information content (AvgIpc) is 2.98. The number of rotatable bonds is 4. The number of carbonyl (C=O) groups excluding carboxylic acids is 1. The van der Waals surface area contributed by atoms with Gasteiger partial charge in [0, 0.05) is 38.9 Å². The van der Waals surface area contributed by atoms with Crippen LogP contribution in [0.2, 0.25) is 0 Å². The predicted octanol–water partition coefficient (Wildman–Crippen LogP) is 2.57. The molecule has 1 aliphatic heterocycles. The van der Waals surface area contributed by atoms with Crippen molar-refractivity contribution in [3.63, 3.8) is 0 Å². The Morgan fingerprint density at radius 3 is 2.83 bits per heavy atom. The number of nitrogens with one attached hydrogen (secondary N) is 1. The van der Waals surface area contributed by atoms with Gasteiger partial charge < -0.3 is 15.1 Å². The van der Waals surface area contributed by atoms with E-state index in [1.54, 1.807) is 17.5 Å². The second-order valence-corrected chi connectivity index (χ2v) is 7.17. The number of anilines is 1. The van der Waals surface area contributed by atoms with E-state index in [9.17, 15) is 4.79 Å². The minimum atomic E-state index is 0.0521. The van der Waals surface area contributed by atoms with Gasteiger partial charge in [0.2, 0.25) is 0 Å². The van der Waals surface area contributed by atoms with E-state index in [-0.39, 0.29) is 6.03 Å². The van der Waals surface area contributed by atoms with Crippen LogP contribution in [-0.2, 0) is 0 Å². The van der Waals surface area contributed by atoms with Crippen LogP contribution >= 0.6 is 11.3 Å². The highest BCUT2D eigenvalue weighted by Crippen LogP contribution is 2.27. The number of thiazole rings is 1. The van der Waals surface area contributed by atoms with Crippen LogP contribution < -0.4 is 10.2 Å². The van der Waals surface area contributed by atoms with Crippen LogP contribution in [0.15, 0.2) is 18.3 Å². The van der Waals surface area contributed by atoms with Gasteiger partial charge in [-0.15, -0.1) is 0 Å². The molecule has 2 aromatic heterocycles. The second-order valence-electron chi connectivity index (χ2n) is 6.21. The molecule has 1 saturated heterocycles. The number of amides is 2.